The Balaban J connectivity index is 1.02. The van der Waals surface area contributed by atoms with E-state index in [0.29, 0.717) is 24.0 Å². The van der Waals surface area contributed by atoms with Gasteiger partial charge in [0.05, 0.1) is 12.2 Å². The Morgan fingerprint density at radius 1 is 0.419 bits per heavy atom. The van der Waals surface area contributed by atoms with Crippen LogP contribution < -0.4 is 21.2 Å². The van der Waals surface area contributed by atoms with E-state index in [9.17, 15) is 9.13 Å². The summed E-state index contributed by atoms with van der Waals surface area (Å²) >= 11 is 0. The van der Waals surface area contributed by atoms with Gasteiger partial charge in [0.1, 0.15) is 14.3 Å². The highest BCUT2D eigenvalue weighted by molar-refractivity contribution is 7.79. The topological polar surface area (TPSA) is 43.4 Å². The molecule has 2 aliphatic carbocycles. The Hall–Kier alpha value is -2.70. The smallest absolute Gasteiger partial charge is 0.143 e. The first-order valence-electron chi connectivity index (χ1n) is 16.1. The van der Waals surface area contributed by atoms with Crippen molar-refractivity contribution in [3.05, 3.63) is 121 Å². The second kappa shape index (κ2) is 13.9. The average Bonchev–Trinajstić information content (AvgIpc) is 3.08. The van der Waals surface area contributed by atoms with Crippen molar-refractivity contribution in [3.8, 4) is 0 Å². The van der Waals surface area contributed by atoms with Crippen LogP contribution in [0.4, 0.5) is 0 Å². The van der Waals surface area contributed by atoms with Gasteiger partial charge in [-0.3, -0.25) is 0 Å². The molecule has 0 radical (unpaired) electrons. The quantitative estimate of drug-likeness (QED) is 0.170. The van der Waals surface area contributed by atoms with Crippen molar-refractivity contribution in [3.63, 3.8) is 0 Å². The minimum atomic E-state index is -2.68. The highest BCUT2D eigenvalue weighted by Crippen LogP contribution is 2.49. The molecule has 0 N–H and O–H groups in total. The lowest BCUT2D eigenvalue weighted by Crippen LogP contribution is -2.32. The molecule has 0 amide bonds. The molecule has 0 aliphatic heterocycles. The van der Waals surface area contributed by atoms with Crippen LogP contribution in [0.3, 0.4) is 0 Å². The minimum absolute atomic E-state index is 0.297. The summed E-state index contributed by atoms with van der Waals surface area (Å²) in [4.78, 5) is 0. The van der Waals surface area contributed by atoms with Crippen LogP contribution in [0.2, 0.25) is 0 Å². The van der Waals surface area contributed by atoms with Gasteiger partial charge >= 0.3 is 0 Å². The zero-order valence-corrected chi connectivity index (χ0v) is 26.8. The first-order chi connectivity index (χ1) is 21.0. The van der Waals surface area contributed by atoms with E-state index in [1.54, 1.807) is 0 Å². The van der Waals surface area contributed by atoms with Crippen molar-refractivity contribution in [2.45, 2.75) is 63.6 Å². The summed E-state index contributed by atoms with van der Waals surface area (Å²) in [5.74, 6) is 0.902. The molecule has 0 bridgehead atoms. The number of ether oxygens (including phenoxy) is 1. The molecular formula is C38H44O3P2. The molecule has 6 rings (SSSR count). The van der Waals surface area contributed by atoms with Gasteiger partial charge in [0.25, 0.3) is 0 Å². The van der Waals surface area contributed by atoms with E-state index in [4.69, 9.17) is 4.74 Å². The third kappa shape index (κ3) is 7.17. The largest absolute Gasteiger partial charge is 0.375 e. The Kier molecular flexibility index (Phi) is 9.84. The molecule has 2 aliphatic rings. The van der Waals surface area contributed by atoms with Gasteiger partial charge in [0.2, 0.25) is 0 Å². The molecule has 0 aromatic heterocycles. The summed E-state index contributed by atoms with van der Waals surface area (Å²) in [6, 6.07) is 40.4. The van der Waals surface area contributed by atoms with Crippen molar-refractivity contribution < 1.29 is 13.9 Å². The molecule has 2 saturated carbocycles. The van der Waals surface area contributed by atoms with Gasteiger partial charge in [-0.1, -0.05) is 121 Å². The van der Waals surface area contributed by atoms with Crippen LogP contribution in [-0.2, 0) is 13.9 Å². The highest BCUT2D eigenvalue weighted by Gasteiger charge is 2.36. The number of hydrogen-bond donors (Lipinski definition) is 0. The third-order valence-electron chi connectivity index (χ3n) is 9.70. The number of hydrogen-bond acceptors (Lipinski definition) is 3. The second-order valence-electron chi connectivity index (χ2n) is 12.6. The van der Waals surface area contributed by atoms with Gasteiger partial charge < -0.3 is 13.9 Å². The molecule has 0 heterocycles. The standard InChI is InChI=1S/C38H44O3P2/c39-42(35-13-5-1-6-14-35,36-15-7-2-8-16-36)29-31-21-25-33(26-22-31)41-34-27-23-32(24-28-34)30-43(40,37-17-9-3-10-18-37)38-19-11-4-12-20-38/h1-20,31-34H,21-30H2. The minimum Gasteiger partial charge on any atom is -0.375 e. The summed E-state index contributed by atoms with van der Waals surface area (Å²) in [6.07, 6.45) is 10.5. The lowest BCUT2D eigenvalue weighted by molar-refractivity contribution is -0.0542. The molecule has 0 spiro atoms. The molecule has 0 saturated heterocycles. The fourth-order valence-corrected chi connectivity index (χ4v) is 13.5. The Morgan fingerprint density at radius 2 is 0.674 bits per heavy atom. The van der Waals surface area contributed by atoms with E-state index < -0.39 is 14.3 Å². The number of rotatable bonds is 10. The van der Waals surface area contributed by atoms with Gasteiger partial charge in [0, 0.05) is 33.5 Å². The van der Waals surface area contributed by atoms with Gasteiger partial charge in [-0.2, -0.15) is 0 Å². The van der Waals surface area contributed by atoms with Crippen LogP contribution in [0.1, 0.15) is 51.4 Å². The fraction of sp³-hybridized carbons (Fsp3) is 0.368. The Morgan fingerprint density at radius 3 is 0.930 bits per heavy atom. The molecule has 4 aromatic rings. The van der Waals surface area contributed by atoms with E-state index in [1.807, 2.05) is 121 Å². The van der Waals surface area contributed by atoms with E-state index >= 15 is 0 Å². The maximum absolute atomic E-state index is 14.5. The maximum atomic E-state index is 14.5. The monoisotopic (exact) mass is 610 g/mol. The van der Waals surface area contributed by atoms with E-state index in [2.05, 4.69) is 0 Å². The molecule has 224 valence electrons. The molecule has 5 heteroatoms. The molecule has 4 aromatic carbocycles. The normalized spacial score (nSPS) is 23.1. The summed E-state index contributed by atoms with van der Waals surface area (Å²) in [6.45, 7) is 0. The molecule has 43 heavy (non-hydrogen) atoms. The van der Waals surface area contributed by atoms with Crippen molar-refractivity contribution in [2.24, 2.45) is 11.8 Å². The van der Waals surface area contributed by atoms with E-state index in [-0.39, 0.29) is 0 Å². The lowest BCUT2D eigenvalue weighted by atomic mass is 9.86. The lowest BCUT2D eigenvalue weighted by Gasteiger charge is -2.36. The third-order valence-corrected chi connectivity index (χ3v) is 16.3. The Bertz CT molecular complexity index is 1300. The predicted octanol–water partition coefficient (Wildman–Crippen LogP) is 8.15. The first kappa shape index (κ1) is 30.3. The first-order valence-corrected chi connectivity index (χ1v) is 19.9. The molecular weight excluding hydrogens is 566 g/mol. The van der Waals surface area contributed by atoms with Gasteiger partial charge in [0.15, 0.2) is 0 Å². The fourth-order valence-electron chi connectivity index (χ4n) is 7.30. The van der Waals surface area contributed by atoms with Crippen molar-refractivity contribution in [1.29, 1.82) is 0 Å². The van der Waals surface area contributed by atoms with Crippen molar-refractivity contribution in [2.75, 3.05) is 12.3 Å². The summed E-state index contributed by atoms with van der Waals surface area (Å²) in [5, 5.41) is 3.89. The van der Waals surface area contributed by atoms with Crippen LogP contribution in [0.5, 0.6) is 0 Å². The van der Waals surface area contributed by atoms with E-state index in [1.165, 1.54) is 0 Å². The van der Waals surface area contributed by atoms with Crippen molar-refractivity contribution in [1.82, 2.24) is 0 Å². The van der Waals surface area contributed by atoms with Gasteiger partial charge in [-0.25, -0.2) is 0 Å². The van der Waals surface area contributed by atoms with Crippen LogP contribution >= 0.6 is 14.3 Å². The van der Waals surface area contributed by atoms with Crippen LogP contribution in [0, 0.1) is 11.8 Å². The van der Waals surface area contributed by atoms with Gasteiger partial charge in [-0.15, -0.1) is 0 Å². The SMILES string of the molecule is O=P(CC1CCC(OC2CCC(CP(=O)(c3ccccc3)c3ccccc3)CC2)CC1)(c1ccccc1)c1ccccc1. The molecule has 2 fully saturated rings. The highest BCUT2D eigenvalue weighted by atomic mass is 31.2. The summed E-state index contributed by atoms with van der Waals surface area (Å²) in [5.41, 5.74) is 0. The Labute approximate surface area is 257 Å². The summed E-state index contributed by atoms with van der Waals surface area (Å²) in [7, 11) is -5.36. The maximum Gasteiger partial charge on any atom is 0.143 e. The molecule has 3 nitrogen and oxygen atoms in total. The predicted molar refractivity (Wildman–Crippen MR) is 182 cm³/mol. The van der Waals surface area contributed by atoms with Crippen LogP contribution in [0.25, 0.3) is 0 Å². The number of benzene rings is 4. The van der Waals surface area contributed by atoms with Crippen LogP contribution in [-0.4, -0.2) is 24.5 Å². The van der Waals surface area contributed by atoms with Crippen molar-refractivity contribution >= 4 is 35.5 Å². The molecule has 0 atom stereocenters. The van der Waals surface area contributed by atoms with Gasteiger partial charge in [-0.05, 0) is 63.2 Å². The molecule has 0 unspecified atom stereocenters. The zero-order valence-electron chi connectivity index (χ0n) is 25.0. The van der Waals surface area contributed by atoms with Crippen LogP contribution in [0.15, 0.2) is 121 Å². The summed E-state index contributed by atoms with van der Waals surface area (Å²) < 4.78 is 35.8. The second-order valence-corrected chi connectivity index (χ2v) is 18.4. The zero-order chi connectivity index (χ0) is 29.5. The average molecular weight is 611 g/mol. The van der Waals surface area contributed by atoms with E-state index in [0.717, 1.165) is 84.9 Å².